The van der Waals surface area contributed by atoms with Gasteiger partial charge in [-0.1, -0.05) is 27.5 Å². The van der Waals surface area contributed by atoms with Crippen molar-refractivity contribution < 1.29 is 24.0 Å². The van der Waals surface area contributed by atoms with Crippen LogP contribution in [0.5, 0.6) is 0 Å². The molecule has 0 unspecified atom stereocenters. The van der Waals surface area contributed by atoms with Crippen molar-refractivity contribution >= 4 is 56.7 Å². The summed E-state index contributed by atoms with van der Waals surface area (Å²) in [5, 5.41) is 15.5. The molecule has 11 heteroatoms. The Kier molecular flexibility index (Phi) is 7.68. The van der Waals surface area contributed by atoms with Gasteiger partial charge >= 0.3 is 5.97 Å². The van der Waals surface area contributed by atoms with Crippen LogP contribution in [0.3, 0.4) is 0 Å². The maximum absolute atomic E-state index is 12.1. The van der Waals surface area contributed by atoms with Gasteiger partial charge in [0.25, 0.3) is 17.5 Å². The van der Waals surface area contributed by atoms with Crippen molar-refractivity contribution in [2.75, 3.05) is 11.9 Å². The van der Waals surface area contributed by atoms with E-state index in [4.69, 9.17) is 16.3 Å². The fourth-order valence-electron chi connectivity index (χ4n) is 2.10. The topological polar surface area (TPSA) is 128 Å². The monoisotopic (exact) mass is 483 g/mol. The molecule has 2 amide bonds. The van der Waals surface area contributed by atoms with Crippen LogP contribution < -0.4 is 10.6 Å². The lowest BCUT2D eigenvalue weighted by molar-refractivity contribution is -0.384. The number of nitrogens with zero attached hydrogens (tertiary/aromatic N) is 1. The number of esters is 1. The molecule has 0 saturated heterocycles. The minimum atomic E-state index is -1.18. The highest BCUT2D eigenvalue weighted by Gasteiger charge is 2.20. The van der Waals surface area contributed by atoms with Crippen LogP contribution in [0.1, 0.15) is 17.3 Å². The van der Waals surface area contributed by atoms with Crippen LogP contribution in [0.25, 0.3) is 0 Å². The van der Waals surface area contributed by atoms with Crippen LogP contribution in [0, 0.1) is 10.1 Å². The summed E-state index contributed by atoms with van der Waals surface area (Å²) in [5.74, 6) is -1.97. The number of nitrogens with one attached hydrogen (secondary N) is 2. The summed E-state index contributed by atoms with van der Waals surface area (Å²) in [6.07, 6.45) is -1.18. The molecule has 0 aliphatic carbocycles. The highest BCUT2D eigenvalue weighted by Crippen LogP contribution is 2.26. The molecule has 0 aliphatic heterocycles. The average Bonchev–Trinajstić information content (AvgIpc) is 2.67. The molecular formula is C18H15BrClN3O6. The number of nitro groups is 1. The molecule has 1 atom stereocenters. The van der Waals surface area contributed by atoms with E-state index in [-0.39, 0.29) is 16.4 Å². The van der Waals surface area contributed by atoms with E-state index in [1.807, 2.05) is 0 Å². The number of rotatable bonds is 7. The lowest BCUT2D eigenvalue weighted by atomic mass is 10.2. The van der Waals surface area contributed by atoms with Gasteiger partial charge in [-0.3, -0.25) is 24.5 Å². The van der Waals surface area contributed by atoms with Gasteiger partial charge in [0.05, 0.1) is 15.6 Å². The summed E-state index contributed by atoms with van der Waals surface area (Å²) in [7, 11) is 0. The lowest BCUT2D eigenvalue weighted by Crippen LogP contribution is -2.35. The Morgan fingerprint density at radius 1 is 1.21 bits per heavy atom. The van der Waals surface area contributed by atoms with Gasteiger partial charge in [-0.15, -0.1) is 0 Å². The molecule has 0 heterocycles. The maximum atomic E-state index is 12.1. The number of ether oxygens (including phenoxy) is 1. The minimum Gasteiger partial charge on any atom is -0.451 e. The normalized spacial score (nSPS) is 11.3. The average molecular weight is 485 g/mol. The van der Waals surface area contributed by atoms with Gasteiger partial charge in [0, 0.05) is 22.2 Å². The largest absolute Gasteiger partial charge is 0.451 e. The first-order valence-electron chi connectivity index (χ1n) is 8.15. The van der Waals surface area contributed by atoms with Crippen LogP contribution in [-0.4, -0.2) is 35.4 Å². The summed E-state index contributed by atoms with van der Waals surface area (Å²) >= 11 is 9.16. The Hall–Kier alpha value is -2.98. The number of halogens is 2. The quantitative estimate of drug-likeness (QED) is 0.352. The Bertz CT molecular complexity index is 951. The second kappa shape index (κ2) is 9.99. The summed E-state index contributed by atoms with van der Waals surface area (Å²) in [5.41, 5.74) is 0.266. The Morgan fingerprint density at radius 3 is 2.45 bits per heavy atom. The van der Waals surface area contributed by atoms with E-state index in [0.717, 1.165) is 10.5 Å². The number of amides is 2. The molecular weight excluding hydrogens is 470 g/mol. The van der Waals surface area contributed by atoms with Crippen LogP contribution >= 0.6 is 27.5 Å². The third-order valence-corrected chi connectivity index (χ3v) is 4.44. The molecule has 2 rings (SSSR count). The molecule has 2 aromatic rings. The van der Waals surface area contributed by atoms with Crippen LogP contribution in [0.2, 0.25) is 5.02 Å². The number of carbonyl (C=O) groups excluding carboxylic acids is 3. The SMILES string of the molecule is C[C@H](OC(=O)CNC(=O)c1ccc(Br)cc1)C(=O)Nc1ccc([N+](=O)[O-])cc1Cl. The number of carbonyl (C=O) groups is 3. The minimum absolute atomic E-state index is 0.0344. The van der Waals surface area contributed by atoms with E-state index >= 15 is 0 Å². The second-order valence-corrected chi connectivity index (χ2v) is 7.06. The molecule has 0 saturated carbocycles. The number of benzene rings is 2. The summed E-state index contributed by atoms with van der Waals surface area (Å²) in [4.78, 5) is 46.0. The first-order chi connectivity index (χ1) is 13.7. The molecule has 2 N–H and O–H groups in total. The molecule has 152 valence electrons. The van der Waals surface area contributed by atoms with E-state index in [1.165, 1.54) is 19.1 Å². The second-order valence-electron chi connectivity index (χ2n) is 5.73. The fraction of sp³-hybridized carbons (Fsp3) is 0.167. The third-order valence-electron chi connectivity index (χ3n) is 3.60. The first-order valence-corrected chi connectivity index (χ1v) is 9.32. The first kappa shape index (κ1) is 22.3. The van der Waals surface area contributed by atoms with Gasteiger partial charge in [0.1, 0.15) is 6.54 Å². The molecule has 29 heavy (non-hydrogen) atoms. The van der Waals surface area contributed by atoms with Crippen LogP contribution in [-0.2, 0) is 14.3 Å². The van der Waals surface area contributed by atoms with Crippen molar-refractivity contribution in [3.05, 3.63) is 67.6 Å². The molecule has 0 aromatic heterocycles. The molecule has 0 aliphatic rings. The number of anilines is 1. The Balaban J connectivity index is 1.85. The van der Waals surface area contributed by atoms with E-state index < -0.39 is 35.4 Å². The highest BCUT2D eigenvalue weighted by atomic mass is 79.9. The van der Waals surface area contributed by atoms with E-state index in [9.17, 15) is 24.5 Å². The predicted molar refractivity (Wildman–Crippen MR) is 109 cm³/mol. The molecule has 0 spiro atoms. The van der Waals surface area contributed by atoms with Gasteiger partial charge < -0.3 is 15.4 Å². The number of nitro benzene ring substituents is 1. The van der Waals surface area contributed by atoms with Gasteiger partial charge in [-0.05, 0) is 37.3 Å². The Morgan fingerprint density at radius 2 is 1.86 bits per heavy atom. The van der Waals surface area contributed by atoms with Crippen LogP contribution in [0.4, 0.5) is 11.4 Å². The molecule has 0 fully saturated rings. The number of non-ortho nitro benzene ring substituents is 1. The van der Waals surface area contributed by atoms with Crippen molar-refractivity contribution in [3.63, 3.8) is 0 Å². The van der Waals surface area contributed by atoms with E-state index in [0.29, 0.717) is 5.56 Å². The van der Waals surface area contributed by atoms with Gasteiger partial charge in [-0.2, -0.15) is 0 Å². The number of hydrogen-bond acceptors (Lipinski definition) is 6. The summed E-state index contributed by atoms with van der Waals surface area (Å²) in [6, 6.07) is 10.1. The highest BCUT2D eigenvalue weighted by molar-refractivity contribution is 9.10. The zero-order valence-electron chi connectivity index (χ0n) is 15.0. The van der Waals surface area contributed by atoms with E-state index in [2.05, 4.69) is 26.6 Å². The predicted octanol–water partition coefficient (Wildman–Crippen LogP) is 3.31. The van der Waals surface area contributed by atoms with E-state index in [1.54, 1.807) is 24.3 Å². The lowest BCUT2D eigenvalue weighted by Gasteiger charge is -2.14. The van der Waals surface area contributed by atoms with Crippen molar-refractivity contribution in [1.29, 1.82) is 0 Å². The number of hydrogen-bond donors (Lipinski definition) is 2. The molecule has 2 aromatic carbocycles. The molecule has 9 nitrogen and oxygen atoms in total. The fourth-order valence-corrected chi connectivity index (χ4v) is 2.59. The van der Waals surface area contributed by atoms with Gasteiger partial charge in [0.2, 0.25) is 0 Å². The zero-order chi connectivity index (χ0) is 21.6. The van der Waals surface area contributed by atoms with Gasteiger partial charge in [-0.25, -0.2) is 0 Å². The third kappa shape index (κ3) is 6.54. The van der Waals surface area contributed by atoms with Crippen molar-refractivity contribution in [1.82, 2.24) is 5.32 Å². The van der Waals surface area contributed by atoms with Crippen molar-refractivity contribution in [2.45, 2.75) is 13.0 Å². The zero-order valence-corrected chi connectivity index (χ0v) is 17.3. The maximum Gasteiger partial charge on any atom is 0.326 e. The van der Waals surface area contributed by atoms with Crippen molar-refractivity contribution in [3.8, 4) is 0 Å². The summed E-state index contributed by atoms with van der Waals surface area (Å²) < 4.78 is 5.77. The van der Waals surface area contributed by atoms with Gasteiger partial charge in [0.15, 0.2) is 6.10 Å². The van der Waals surface area contributed by atoms with Crippen molar-refractivity contribution in [2.24, 2.45) is 0 Å². The summed E-state index contributed by atoms with van der Waals surface area (Å²) in [6.45, 7) is 0.911. The van der Waals surface area contributed by atoms with Crippen LogP contribution in [0.15, 0.2) is 46.9 Å². The molecule has 0 bridgehead atoms. The standard InChI is InChI=1S/C18H15BrClN3O6/c1-10(17(25)22-15-7-6-13(23(27)28)8-14(15)20)29-16(24)9-21-18(26)11-2-4-12(19)5-3-11/h2-8,10H,9H2,1H3,(H,21,26)(H,22,25)/t10-/m0/s1. The smallest absolute Gasteiger partial charge is 0.326 e. The molecule has 0 radical (unpaired) electrons. The Labute approximate surface area is 178 Å².